The minimum atomic E-state index is -0.0103. The highest BCUT2D eigenvalue weighted by molar-refractivity contribution is 6.05. The number of likely N-dealkylation sites (tertiary alicyclic amines) is 1. The molecule has 1 saturated heterocycles. The Morgan fingerprint density at radius 2 is 1.52 bits per heavy atom. The molecular formula is C25H25ClN2O. The number of halogens is 1. The van der Waals surface area contributed by atoms with Gasteiger partial charge in [-0.1, -0.05) is 60.7 Å². The minimum Gasteiger partial charge on any atom is -0.321 e. The van der Waals surface area contributed by atoms with Crippen molar-refractivity contribution in [3.05, 3.63) is 94.3 Å². The highest BCUT2D eigenvalue weighted by atomic mass is 35.5. The summed E-state index contributed by atoms with van der Waals surface area (Å²) >= 11 is 0. The molecule has 3 aromatic carbocycles. The molecule has 3 nitrogen and oxygen atoms in total. The van der Waals surface area contributed by atoms with Gasteiger partial charge in [-0.05, 0) is 60.5 Å². The molecule has 0 amide bonds. The fourth-order valence-corrected chi connectivity index (χ4v) is 4.54. The molecule has 0 atom stereocenters. The van der Waals surface area contributed by atoms with Crippen LogP contribution in [0.15, 0.2) is 77.6 Å². The molecule has 1 N–H and O–H groups in total. The van der Waals surface area contributed by atoms with Crippen LogP contribution in [-0.4, -0.2) is 23.0 Å². The number of piperidine rings is 1. The molecule has 0 radical (unpaired) electrons. The second-order valence-electron chi connectivity index (χ2n) is 7.84. The van der Waals surface area contributed by atoms with Gasteiger partial charge in [-0.3, -0.25) is 9.69 Å². The Morgan fingerprint density at radius 1 is 0.828 bits per heavy atom. The van der Waals surface area contributed by atoms with Gasteiger partial charge in [0.1, 0.15) is 0 Å². The zero-order chi connectivity index (χ0) is 18.9. The van der Waals surface area contributed by atoms with Crippen molar-refractivity contribution < 1.29 is 0 Å². The number of hydrogen-bond donors (Lipinski definition) is 1. The van der Waals surface area contributed by atoms with Gasteiger partial charge < -0.3 is 4.98 Å². The topological polar surface area (TPSA) is 36.1 Å². The second-order valence-corrected chi connectivity index (χ2v) is 7.84. The molecule has 0 unspecified atom stereocenters. The number of nitrogens with one attached hydrogen (secondary N) is 1. The quantitative estimate of drug-likeness (QED) is 0.459. The number of aromatic nitrogens is 1. The van der Waals surface area contributed by atoms with E-state index in [9.17, 15) is 4.79 Å². The summed E-state index contributed by atoms with van der Waals surface area (Å²) in [5, 5.41) is 2.89. The lowest BCUT2D eigenvalue weighted by atomic mass is 9.89. The highest BCUT2D eigenvalue weighted by Gasteiger charge is 2.20. The van der Waals surface area contributed by atoms with Crippen molar-refractivity contribution in [1.29, 1.82) is 0 Å². The fourth-order valence-electron chi connectivity index (χ4n) is 4.54. The lowest BCUT2D eigenvalue weighted by Gasteiger charge is -2.32. The van der Waals surface area contributed by atoms with Crippen LogP contribution in [0.25, 0.3) is 21.7 Å². The van der Waals surface area contributed by atoms with Crippen LogP contribution in [0.1, 0.15) is 29.9 Å². The van der Waals surface area contributed by atoms with Crippen molar-refractivity contribution >= 4 is 34.1 Å². The monoisotopic (exact) mass is 404 g/mol. The van der Waals surface area contributed by atoms with E-state index in [1.807, 2.05) is 24.3 Å². The normalized spacial score (nSPS) is 15.4. The van der Waals surface area contributed by atoms with E-state index in [0.29, 0.717) is 5.92 Å². The third-order valence-corrected chi connectivity index (χ3v) is 6.06. The highest BCUT2D eigenvalue weighted by Crippen LogP contribution is 2.29. The standard InChI is InChI=1S/C25H24N2O.ClH/c28-25-23-9-5-4-8-21(23)22-11-10-18(16-24(22)26-25)17-27-14-12-20(13-15-27)19-6-2-1-3-7-19;/h1-11,16,20H,12-15,17H2,(H,26,28);1H. The molecule has 29 heavy (non-hydrogen) atoms. The Labute approximate surface area is 176 Å². The molecule has 0 bridgehead atoms. The van der Waals surface area contributed by atoms with Gasteiger partial charge in [0.15, 0.2) is 0 Å². The van der Waals surface area contributed by atoms with Crippen molar-refractivity contribution in [2.24, 2.45) is 0 Å². The third kappa shape index (κ3) is 3.93. The Bertz CT molecular complexity index is 1180. The number of hydrogen-bond acceptors (Lipinski definition) is 2. The first kappa shape index (κ1) is 19.7. The van der Waals surface area contributed by atoms with Crippen LogP contribution < -0.4 is 5.56 Å². The number of aromatic amines is 1. The molecule has 5 rings (SSSR count). The maximum atomic E-state index is 12.4. The molecule has 4 heteroatoms. The first-order valence-corrected chi connectivity index (χ1v) is 10.1. The maximum Gasteiger partial charge on any atom is 0.256 e. The largest absolute Gasteiger partial charge is 0.321 e. The number of nitrogens with zero attached hydrogens (tertiary/aromatic N) is 1. The molecule has 1 fully saturated rings. The average Bonchev–Trinajstić information content (AvgIpc) is 2.75. The van der Waals surface area contributed by atoms with E-state index in [2.05, 4.69) is 58.4 Å². The second kappa shape index (κ2) is 8.40. The van der Waals surface area contributed by atoms with E-state index in [-0.39, 0.29) is 18.0 Å². The van der Waals surface area contributed by atoms with Crippen LogP contribution in [0.5, 0.6) is 0 Å². The summed E-state index contributed by atoms with van der Waals surface area (Å²) in [5.74, 6) is 0.678. The van der Waals surface area contributed by atoms with Crippen molar-refractivity contribution in [1.82, 2.24) is 9.88 Å². The summed E-state index contributed by atoms with van der Waals surface area (Å²) in [5.41, 5.74) is 3.65. The van der Waals surface area contributed by atoms with Crippen molar-refractivity contribution in [2.75, 3.05) is 13.1 Å². The van der Waals surface area contributed by atoms with Gasteiger partial charge in [0.2, 0.25) is 0 Å². The first-order chi connectivity index (χ1) is 13.8. The summed E-state index contributed by atoms with van der Waals surface area (Å²) < 4.78 is 0. The van der Waals surface area contributed by atoms with E-state index in [1.165, 1.54) is 24.0 Å². The van der Waals surface area contributed by atoms with E-state index >= 15 is 0 Å². The fraction of sp³-hybridized carbons (Fsp3) is 0.240. The predicted molar refractivity (Wildman–Crippen MR) is 123 cm³/mol. The van der Waals surface area contributed by atoms with E-state index in [4.69, 9.17) is 0 Å². The lowest BCUT2D eigenvalue weighted by molar-refractivity contribution is 0.204. The van der Waals surface area contributed by atoms with Crippen molar-refractivity contribution in [3.63, 3.8) is 0 Å². The molecule has 0 aliphatic carbocycles. The summed E-state index contributed by atoms with van der Waals surface area (Å²) in [6.07, 6.45) is 2.41. The molecule has 148 valence electrons. The molecule has 4 aromatic rings. The van der Waals surface area contributed by atoms with Crippen LogP contribution in [0.3, 0.4) is 0 Å². The first-order valence-electron chi connectivity index (χ1n) is 10.1. The van der Waals surface area contributed by atoms with Crippen LogP contribution in [0.2, 0.25) is 0 Å². The molecular weight excluding hydrogens is 380 g/mol. The number of fused-ring (bicyclic) bond motifs is 3. The van der Waals surface area contributed by atoms with Gasteiger partial charge in [-0.2, -0.15) is 0 Å². The van der Waals surface area contributed by atoms with Crippen LogP contribution in [0.4, 0.5) is 0 Å². The summed E-state index contributed by atoms with van der Waals surface area (Å²) in [7, 11) is 0. The van der Waals surface area contributed by atoms with E-state index in [0.717, 1.165) is 41.3 Å². The van der Waals surface area contributed by atoms with Crippen LogP contribution in [0, 0.1) is 0 Å². The SMILES string of the molecule is Cl.O=c1[nH]c2cc(CN3CCC(c4ccccc4)CC3)ccc2c2ccccc12. The Kier molecular flexibility index (Phi) is 5.70. The summed E-state index contributed by atoms with van der Waals surface area (Å²) in [6, 6.07) is 25.2. The van der Waals surface area contributed by atoms with Gasteiger partial charge in [0, 0.05) is 22.8 Å². The van der Waals surface area contributed by atoms with Crippen molar-refractivity contribution in [2.45, 2.75) is 25.3 Å². The van der Waals surface area contributed by atoms with Crippen LogP contribution >= 0.6 is 12.4 Å². The number of pyridine rings is 1. The molecule has 2 heterocycles. The molecule has 0 spiro atoms. The summed E-state index contributed by atoms with van der Waals surface area (Å²) in [6.45, 7) is 3.17. The van der Waals surface area contributed by atoms with Gasteiger partial charge in [0.25, 0.3) is 5.56 Å². The zero-order valence-corrected chi connectivity index (χ0v) is 17.1. The minimum absolute atomic E-state index is 0. The van der Waals surface area contributed by atoms with E-state index < -0.39 is 0 Å². The molecule has 0 saturated carbocycles. The zero-order valence-electron chi connectivity index (χ0n) is 16.3. The Balaban J connectivity index is 0.00000205. The van der Waals surface area contributed by atoms with Gasteiger partial charge in [-0.25, -0.2) is 0 Å². The smallest absolute Gasteiger partial charge is 0.256 e. The molecule has 1 aliphatic rings. The van der Waals surface area contributed by atoms with Gasteiger partial charge in [-0.15, -0.1) is 12.4 Å². The van der Waals surface area contributed by atoms with Crippen molar-refractivity contribution in [3.8, 4) is 0 Å². The third-order valence-electron chi connectivity index (χ3n) is 6.06. The van der Waals surface area contributed by atoms with Gasteiger partial charge in [0.05, 0.1) is 0 Å². The average molecular weight is 405 g/mol. The molecule has 1 aliphatic heterocycles. The number of rotatable bonds is 3. The summed E-state index contributed by atoms with van der Waals surface area (Å²) in [4.78, 5) is 18.0. The Morgan fingerprint density at radius 3 is 2.28 bits per heavy atom. The van der Waals surface area contributed by atoms with Crippen LogP contribution in [-0.2, 0) is 6.54 Å². The number of H-pyrrole nitrogens is 1. The lowest BCUT2D eigenvalue weighted by Crippen LogP contribution is -2.32. The van der Waals surface area contributed by atoms with Gasteiger partial charge >= 0.3 is 0 Å². The Hall–Kier alpha value is -2.62. The predicted octanol–water partition coefficient (Wildman–Crippen LogP) is 5.48. The molecule has 1 aromatic heterocycles. The number of benzene rings is 3. The van der Waals surface area contributed by atoms with E-state index in [1.54, 1.807) is 0 Å². The maximum absolute atomic E-state index is 12.4.